The molecule has 5 nitrogen and oxygen atoms in total. The van der Waals surface area contributed by atoms with Gasteiger partial charge >= 0.3 is 6.09 Å². The predicted octanol–water partition coefficient (Wildman–Crippen LogP) is 0.0621. The minimum Gasteiger partial charge on any atom is -0.465 e. The molecule has 2 atom stereocenters. The maximum Gasteiger partial charge on any atom is 0.412 e. The van der Waals surface area contributed by atoms with Crippen molar-refractivity contribution in [2.45, 2.75) is 25.9 Å². The Kier molecular flexibility index (Phi) is 2.70. The van der Waals surface area contributed by atoms with Crippen LogP contribution in [0.4, 0.5) is 4.79 Å². The van der Waals surface area contributed by atoms with Crippen molar-refractivity contribution in [3.63, 3.8) is 0 Å². The Morgan fingerprint density at radius 3 is 2.77 bits per heavy atom. The second-order valence-corrected chi connectivity index (χ2v) is 3.17. The number of carboxylic acid groups (broad SMARTS) is 1. The molecular formula is C8H12N2O3. The molecule has 1 amide bonds. The van der Waals surface area contributed by atoms with Crippen molar-refractivity contribution in [2.75, 3.05) is 6.54 Å². The average Bonchev–Trinajstić information content (AvgIpc) is 2.02. The third-order valence-electron chi connectivity index (χ3n) is 2.03. The molecular weight excluding hydrogens is 172 g/mol. The molecule has 1 fully saturated rings. The van der Waals surface area contributed by atoms with Crippen LogP contribution in [0.3, 0.4) is 0 Å². The van der Waals surface area contributed by atoms with Gasteiger partial charge in [0.1, 0.15) is 11.6 Å². The molecule has 2 N–H and O–H groups in total. The van der Waals surface area contributed by atoms with Crippen molar-refractivity contribution < 1.29 is 14.7 Å². The van der Waals surface area contributed by atoms with E-state index in [9.17, 15) is 9.59 Å². The first-order valence-corrected chi connectivity index (χ1v) is 4.07. The minimum absolute atomic E-state index is 0.0585. The van der Waals surface area contributed by atoms with Gasteiger partial charge in [-0.1, -0.05) is 0 Å². The van der Waals surface area contributed by atoms with Crippen LogP contribution in [-0.2, 0) is 4.79 Å². The van der Waals surface area contributed by atoms with E-state index in [0.29, 0.717) is 6.54 Å². The van der Waals surface area contributed by atoms with Crippen LogP contribution in [0.15, 0.2) is 5.70 Å². The van der Waals surface area contributed by atoms with Gasteiger partial charge in [-0.15, -0.1) is 0 Å². The summed E-state index contributed by atoms with van der Waals surface area (Å²) in [7, 11) is 0. The summed E-state index contributed by atoms with van der Waals surface area (Å²) in [6, 6.07) is -0.194. The van der Waals surface area contributed by atoms with Crippen LogP contribution >= 0.6 is 0 Å². The van der Waals surface area contributed by atoms with Crippen LogP contribution in [0.1, 0.15) is 13.8 Å². The summed E-state index contributed by atoms with van der Waals surface area (Å²) in [5.74, 6) is 1.65. The first kappa shape index (κ1) is 9.77. The van der Waals surface area contributed by atoms with Crippen molar-refractivity contribution in [2.24, 2.45) is 0 Å². The van der Waals surface area contributed by atoms with Crippen molar-refractivity contribution >= 4 is 12.0 Å². The highest BCUT2D eigenvalue weighted by atomic mass is 16.4. The summed E-state index contributed by atoms with van der Waals surface area (Å²) in [5, 5.41) is 11.8. The van der Waals surface area contributed by atoms with Gasteiger partial charge in [-0.05, 0) is 13.8 Å². The number of hydrogen-bond acceptors (Lipinski definition) is 3. The van der Waals surface area contributed by atoms with Crippen LogP contribution in [0.25, 0.3) is 0 Å². The molecule has 1 saturated heterocycles. The number of carbonyl (C=O) groups excluding carboxylic acids is 1. The van der Waals surface area contributed by atoms with Crippen LogP contribution in [0.5, 0.6) is 0 Å². The van der Waals surface area contributed by atoms with E-state index in [1.54, 1.807) is 12.9 Å². The average molecular weight is 184 g/mol. The Labute approximate surface area is 76.0 Å². The molecule has 2 unspecified atom stereocenters. The van der Waals surface area contributed by atoms with Gasteiger partial charge in [0.25, 0.3) is 0 Å². The lowest BCUT2D eigenvalue weighted by molar-refractivity contribution is 0.142. The van der Waals surface area contributed by atoms with Crippen LogP contribution in [0, 0.1) is 0 Å². The van der Waals surface area contributed by atoms with Gasteiger partial charge in [-0.2, -0.15) is 0 Å². The molecule has 0 aliphatic carbocycles. The highest BCUT2D eigenvalue weighted by Gasteiger charge is 2.30. The Morgan fingerprint density at radius 2 is 2.31 bits per heavy atom. The monoisotopic (exact) mass is 184 g/mol. The topological polar surface area (TPSA) is 69.6 Å². The first-order chi connectivity index (χ1) is 6.06. The second-order valence-electron chi connectivity index (χ2n) is 3.17. The molecule has 0 bridgehead atoms. The molecule has 13 heavy (non-hydrogen) atoms. The van der Waals surface area contributed by atoms with Gasteiger partial charge < -0.3 is 10.4 Å². The second kappa shape index (κ2) is 3.60. The molecule has 1 heterocycles. The van der Waals surface area contributed by atoms with Gasteiger partial charge in [0, 0.05) is 12.6 Å². The first-order valence-electron chi connectivity index (χ1n) is 4.07. The van der Waals surface area contributed by atoms with Crippen molar-refractivity contribution in [3.8, 4) is 0 Å². The standard InChI is InChI=1S/C8H12N2O3/c1-5-3-10(8(12)13)7(4-11)6(2)9-5/h5-6,9H,3H2,1-2H3,(H,12,13). The quantitative estimate of drug-likeness (QED) is 0.522. The Hall–Kier alpha value is -1.32. The molecule has 0 aromatic rings. The maximum absolute atomic E-state index is 10.7. The number of rotatable bonds is 0. The molecule has 1 rings (SSSR count). The molecule has 0 aromatic carbocycles. The third kappa shape index (κ3) is 1.88. The zero-order valence-electron chi connectivity index (χ0n) is 7.57. The van der Waals surface area contributed by atoms with E-state index in [1.165, 1.54) is 0 Å². The zero-order valence-corrected chi connectivity index (χ0v) is 7.57. The summed E-state index contributed by atoms with van der Waals surface area (Å²) >= 11 is 0. The van der Waals surface area contributed by atoms with E-state index < -0.39 is 6.09 Å². The van der Waals surface area contributed by atoms with Crippen LogP contribution in [-0.4, -0.2) is 40.7 Å². The van der Waals surface area contributed by atoms with Crippen LogP contribution in [0.2, 0.25) is 0 Å². The molecule has 5 heteroatoms. The molecule has 0 spiro atoms. The van der Waals surface area contributed by atoms with E-state index in [4.69, 9.17) is 5.11 Å². The lowest BCUT2D eigenvalue weighted by Gasteiger charge is -2.34. The molecule has 0 aromatic heterocycles. The minimum atomic E-state index is -1.10. The highest BCUT2D eigenvalue weighted by Crippen LogP contribution is 2.13. The Morgan fingerprint density at radius 1 is 1.69 bits per heavy atom. The summed E-state index contributed by atoms with van der Waals surface area (Å²) in [4.78, 5) is 22.2. The van der Waals surface area contributed by atoms with Crippen molar-refractivity contribution in [1.82, 2.24) is 10.2 Å². The Bertz CT molecular complexity index is 271. The number of amides is 1. The summed E-state index contributed by atoms with van der Waals surface area (Å²) in [6.45, 7) is 3.91. The van der Waals surface area contributed by atoms with Crippen molar-refractivity contribution in [3.05, 3.63) is 5.70 Å². The fourth-order valence-corrected chi connectivity index (χ4v) is 1.49. The van der Waals surface area contributed by atoms with Gasteiger partial charge in [0.05, 0.1) is 6.04 Å². The fourth-order valence-electron chi connectivity index (χ4n) is 1.49. The normalized spacial score (nSPS) is 28.5. The van der Waals surface area contributed by atoms with Gasteiger partial charge in [-0.25, -0.2) is 9.59 Å². The van der Waals surface area contributed by atoms with Gasteiger partial charge in [0.15, 0.2) is 0 Å². The smallest absolute Gasteiger partial charge is 0.412 e. The van der Waals surface area contributed by atoms with E-state index in [0.717, 1.165) is 4.90 Å². The number of carbonyl (C=O) groups is 1. The number of nitrogens with zero attached hydrogens (tertiary/aromatic N) is 1. The van der Waals surface area contributed by atoms with Crippen LogP contribution < -0.4 is 5.32 Å². The van der Waals surface area contributed by atoms with E-state index >= 15 is 0 Å². The molecule has 72 valence electrons. The lowest BCUT2D eigenvalue weighted by atomic mass is 10.1. The largest absolute Gasteiger partial charge is 0.465 e. The molecule has 0 saturated carbocycles. The fraction of sp³-hybridized carbons (Fsp3) is 0.625. The zero-order chi connectivity index (χ0) is 10.0. The predicted molar refractivity (Wildman–Crippen MR) is 46.0 cm³/mol. The maximum atomic E-state index is 10.7. The number of piperazine rings is 1. The summed E-state index contributed by atoms with van der Waals surface area (Å²) < 4.78 is 0. The number of nitrogens with one attached hydrogen (secondary N) is 1. The molecule has 1 aliphatic rings. The van der Waals surface area contributed by atoms with E-state index in [-0.39, 0.29) is 17.8 Å². The summed E-state index contributed by atoms with van der Waals surface area (Å²) in [6.07, 6.45) is -1.10. The Balaban J connectivity index is 2.91. The van der Waals surface area contributed by atoms with Crippen molar-refractivity contribution in [1.29, 1.82) is 0 Å². The van der Waals surface area contributed by atoms with Gasteiger partial charge in [0.2, 0.25) is 0 Å². The lowest BCUT2D eigenvalue weighted by Crippen LogP contribution is -2.54. The molecule has 0 radical (unpaired) electrons. The molecule has 1 aliphatic heterocycles. The third-order valence-corrected chi connectivity index (χ3v) is 2.03. The van der Waals surface area contributed by atoms with Gasteiger partial charge in [-0.3, -0.25) is 4.90 Å². The SMILES string of the molecule is CC1CN(C(=O)O)C(=C=O)C(C)N1. The highest BCUT2D eigenvalue weighted by molar-refractivity contribution is 5.72. The number of hydrogen-bond donors (Lipinski definition) is 2. The summed E-state index contributed by atoms with van der Waals surface area (Å²) in [5.41, 5.74) is 0.158. The van der Waals surface area contributed by atoms with E-state index in [1.807, 2.05) is 6.92 Å². The van der Waals surface area contributed by atoms with E-state index in [2.05, 4.69) is 5.32 Å².